The third-order valence-electron chi connectivity index (χ3n) is 5.76. The van der Waals surface area contributed by atoms with Crippen LogP contribution in [0, 0.1) is 0 Å². The zero-order valence-corrected chi connectivity index (χ0v) is 18.1. The smallest absolute Gasteiger partial charge is 0.322 e. The molecule has 2 N–H and O–H groups in total. The largest absolute Gasteiger partial charge is 0.395 e. The van der Waals surface area contributed by atoms with E-state index in [1.54, 1.807) is 30.0 Å². The summed E-state index contributed by atoms with van der Waals surface area (Å²) in [6.45, 7) is 5.50. The fourth-order valence-corrected chi connectivity index (χ4v) is 4.36. The number of halogens is 2. The van der Waals surface area contributed by atoms with Crippen LogP contribution in [-0.4, -0.2) is 83.2 Å². The second-order valence-electron chi connectivity index (χ2n) is 7.62. The SMILES string of the molecule is C[C@H]1C(=O)N(CCCN2CCC[C@H]2CO)CCN1C(=O)Nc1ccc(Cl)c(Cl)c1. The maximum Gasteiger partial charge on any atom is 0.322 e. The number of carbonyl (C=O) groups is 2. The number of rotatable bonds is 6. The van der Waals surface area contributed by atoms with E-state index in [0.717, 1.165) is 32.4 Å². The number of benzene rings is 1. The molecule has 1 aromatic carbocycles. The number of likely N-dealkylation sites (tertiary alicyclic amines) is 1. The minimum atomic E-state index is -0.525. The maximum absolute atomic E-state index is 12.8. The average molecular weight is 443 g/mol. The standard InChI is InChI=1S/C20H28Cl2N4O3/c1-14-19(28)25(9-3-8-24-7-2-4-16(24)13-27)10-11-26(14)20(29)23-15-5-6-17(21)18(22)12-15/h5-6,12,14,16,27H,2-4,7-11,13H2,1H3,(H,23,29)/t14-,16-/m0/s1. The van der Waals surface area contributed by atoms with Crippen molar-refractivity contribution in [1.29, 1.82) is 0 Å². The van der Waals surface area contributed by atoms with E-state index in [2.05, 4.69) is 10.2 Å². The van der Waals surface area contributed by atoms with Crippen molar-refractivity contribution in [3.05, 3.63) is 28.2 Å². The minimum absolute atomic E-state index is 0.0410. The lowest BCUT2D eigenvalue weighted by molar-refractivity contribution is -0.139. The molecule has 7 nitrogen and oxygen atoms in total. The Bertz CT molecular complexity index is 748. The van der Waals surface area contributed by atoms with E-state index in [-0.39, 0.29) is 24.6 Å². The molecule has 29 heavy (non-hydrogen) atoms. The lowest BCUT2D eigenvalue weighted by Gasteiger charge is -2.39. The number of nitrogens with zero attached hydrogens (tertiary/aromatic N) is 3. The van der Waals surface area contributed by atoms with Gasteiger partial charge in [-0.05, 0) is 50.9 Å². The number of aliphatic hydroxyl groups is 1. The summed E-state index contributed by atoms with van der Waals surface area (Å²) < 4.78 is 0. The van der Waals surface area contributed by atoms with Gasteiger partial charge in [-0.3, -0.25) is 9.69 Å². The second-order valence-corrected chi connectivity index (χ2v) is 8.44. The van der Waals surface area contributed by atoms with E-state index >= 15 is 0 Å². The number of hydrogen-bond acceptors (Lipinski definition) is 4. The molecule has 2 saturated heterocycles. The molecule has 160 valence electrons. The van der Waals surface area contributed by atoms with Crippen LogP contribution in [0.4, 0.5) is 10.5 Å². The molecule has 0 spiro atoms. The topological polar surface area (TPSA) is 76.1 Å². The quantitative estimate of drug-likeness (QED) is 0.709. The predicted octanol–water partition coefficient (Wildman–Crippen LogP) is 2.90. The Hall–Kier alpha value is -1.54. The highest BCUT2D eigenvalue weighted by atomic mass is 35.5. The number of carbonyl (C=O) groups excluding carboxylic acids is 2. The molecule has 0 saturated carbocycles. The summed E-state index contributed by atoms with van der Waals surface area (Å²) in [7, 11) is 0. The van der Waals surface area contributed by atoms with Gasteiger partial charge >= 0.3 is 6.03 Å². The van der Waals surface area contributed by atoms with Gasteiger partial charge in [0.1, 0.15) is 6.04 Å². The molecule has 0 aromatic heterocycles. The van der Waals surface area contributed by atoms with E-state index in [4.69, 9.17) is 23.2 Å². The zero-order chi connectivity index (χ0) is 21.0. The fourth-order valence-electron chi connectivity index (χ4n) is 4.06. The minimum Gasteiger partial charge on any atom is -0.395 e. The molecule has 2 aliphatic rings. The Morgan fingerprint density at radius 3 is 2.72 bits per heavy atom. The molecule has 2 aliphatic heterocycles. The van der Waals surface area contributed by atoms with Crippen molar-refractivity contribution in [3.63, 3.8) is 0 Å². The van der Waals surface area contributed by atoms with Gasteiger partial charge in [0, 0.05) is 37.9 Å². The van der Waals surface area contributed by atoms with Crippen LogP contribution >= 0.6 is 23.2 Å². The first-order valence-electron chi connectivity index (χ1n) is 10.1. The molecule has 1 aromatic rings. The molecule has 0 radical (unpaired) electrons. The number of hydrogen-bond donors (Lipinski definition) is 2. The molecule has 0 unspecified atom stereocenters. The Balaban J connectivity index is 1.49. The van der Waals surface area contributed by atoms with Crippen molar-refractivity contribution in [1.82, 2.24) is 14.7 Å². The molecular weight excluding hydrogens is 415 g/mol. The van der Waals surface area contributed by atoms with Gasteiger partial charge in [-0.1, -0.05) is 23.2 Å². The van der Waals surface area contributed by atoms with Crippen LogP contribution in [-0.2, 0) is 4.79 Å². The highest BCUT2D eigenvalue weighted by Gasteiger charge is 2.34. The molecular formula is C20H28Cl2N4O3. The molecule has 0 aliphatic carbocycles. The average Bonchev–Trinajstić information content (AvgIpc) is 3.15. The van der Waals surface area contributed by atoms with E-state index < -0.39 is 6.04 Å². The summed E-state index contributed by atoms with van der Waals surface area (Å²) in [5.74, 6) is -0.0410. The summed E-state index contributed by atoms with van der Waals surface area (Å²) in [5.41, 5.74) is 0.538. The Morgan fingerprint density at radius 2 is 2.00 bits per heavy atom. The summed E-state index contributed by atoms with van der Waals surface area (Å²) in [4.78, 5) is 31.0. The van der Waals surface area contributed by atoms with Crippen LogP contribution in [0.5, 0.6) is 0 Å². The van der Waals surface area contributed by atoms with Crippen LogP contribution in [0.25, 0.3) is 0 Å². The van der Waals surface area contributed by atoms with E-state index in [9.17, 15) is 14.7 Å². The molecule has 2 atom stereocenters. The number of aliphatic hydroxyl groups excluding tert-OH is 1. The Kier molecular flexibility index (Phi) is 7.62. The van der Waals surface area contributed by atoms with E-state index in [1.165, 1.54) is 0 Å². The van der Waals surface area contributed by atoms with Gasteiger partial charge in [0.15, 0.2) is 0 Å². The van der Waals surface area contributed by atoms with Crippen LogP contribution in [0.3, 0.4) is 0 Å². The molecule has 2 fully saturated rings. The highest BCUT2D eigenvalue weighted by molar-refractivity contribution is 6.42. The van der Waals surface area contributed by atoms with E-state index in [0.29, 0.717) is 35.4 Å². The van der Waals surface area contributed by atoms with Crippen molar-refractivity contribution in [3.8, 4) is 0 Å². The maximum atomic E-state index is 12.8. The van der Waals surface area contributed by atoms with Crippen LogP contribution in [0.15, 0.2) is 18.2 Å². The number of piperazine rings is 1. The van der Waals surface area contributed by atoms with Crippen molar-refractivity contribution in [2.75, 3.05) is 44.6 Å². The van der Waals surface area contributed by atoms with Crippen molar-refractivity contribution in [2.24, 2.45) is 0 Å². The lowest BCUT2D eigenvalue weighted by Crippen LogP contribution is -2.58. The highest BCUT2D eigenvalue weighted by Crippen LogP contribution is 2.25. The normalized spacial score (nSPS) is 23.0. The van der Waals surface area contributed by atoms with Crippen LogP contribution < -0.4 is 5.32 Å². The third kappa shape index (κ3) is 5.34. The third-order valence-corrected chi connectivity index (χ3v) is 6.50. The van der Waals surface area contributed by atoms with Gasteiger partial charge in [0.25, 0.3) is 0 Å². The summed E-state index contributed by atoms with van der Waals surface area (Å²) in [6, 6.07) is 4.28. The van der Waals surface area contributed by atoms with Gasteiger partial charge in [-0.15, -0.1) is 0 Å². The van der Waals surface area contributed by atoms with Crippen LogP contribution in [0.1, 0.15) is 26.2 Å². The first kappa shape index (κ1) is 22.2. The van der Waals surface area contributed by atoms with Crippen molar-refractivity contribution in [2.45, 2.75) is 38.3 Å². The van der Waals surface area contributed by atoms with Gasteiger partial charge in [0.2, 0.25) is 5.91 Å². The van der Waals surface area contributed by atoms with Gasteiger partial charge in [-0.25, -0.2) is 4.79 Å². The first-order chi connectivity index (χ1) is 13.9. The van der Waals surface area contributed by atoms with Gasteiger partial charge in [-0.2, -0.15) is 0 Å². The molecule has 9 heteroatoms. The number of nitrogens with one attached hydrogen (secondary N) is 1. The number of anilines is 1. The summed E-state index contributed by atoms with van der Waals surface area (Å²) in [5, 5.41) is 13.0. The zero-order valence-electron chi connectivity index (χ0n) is 16.6. The van der Waals surface area contributed by atoms with E-state index in [1.807, 2.05) is 4.90 Å². The van der Waals surface area contributed by atoms with Crippen LogP contribution in [0.2, 0.25) is 10.0 Å². The predicted molar refractivity (Wildman–Crippen MR) is 115 cm³/mol. The number of amides is 3. The number of urea groups is 1. The first-order valence-corrected chi connectivity index (χ1v) is 10.8. The van der Waals surface area contributed by atoms with Gasteiger partial charge < -0.3 is 20.2 Å². The summed E-state index contributed by atoms with van der Waals surface area (Å²) in [6.07, 6.45) is 3.03. The Morgan fingerprint density at radius 1 is 1.21 bits per heavy atom. The molecule has 3 rings (SSSR count). The monoisotopic (exact) mass is 442 g/mol. The molecule has 0 bridgehead atoms. The Labute approximate surface area is 181 Å². The summed E-state index contributed by atoms with van der Waals surface area (Å²) >= 11 is 11.9. The lowest BCUT2D eigenvalue weighted by atomic mass is 10.1. The molecule has 2 heterocycles. The van der Waals surface area contributed by atoms with Gasteiger partial charge in [0.05, 0.1) is 16.7 Å². The van der Waals surface area contributed by atoms with Crippen molar-refractivity contribution < 1.29 is 14.7 Å². The van der Waals surface area contributed by atoms with Crippen molar-refractivity contribution >= 4 is 40.8 Å². The molecule has 3 amide bonds. The second kappa shape index (κ2) is 9.98. The fraction of sp³-hybridized carbons (Fsp3) is 0.600.